The van der Waals surface area contributed by atoms with Crippen molar-refractivity contribution in [2.45, 2.75) is 26.9 Å². The molecule has 1 heterocycles. The summed E-state index contributed by atoms with van der Waals surface area (Å²) in [6, 6.07) is 11.6. The molecule has 0 atom stereocenters. The summed E-state index contributed by atoms with van der Waals surface area (Å²) in [5.41, 5.74) is 2.26. The Morgan fingerprint density at radius 2 is 2.00 bits per heavy atom. The molecule has 156 valence electrons. The molecular formula is C22H22ClN3O4. The number of imide groups is 1. The molecule has 30 heavy (non-hydrogen) atoms. The van der Waals surface area contributed by atoms with Crippen molar-refractivity contribution in [3.63, 3.8) is 0 Å². The van der Waals surface area contributed by atoms with Gasteiger partial charge in [0.25, 0.3) is 5.91 Å². The van der Waals surface area contributed by atoms with E-state index in [1.165, 1.54) is 6.08 Å². The van der Waals surface area contributed by atoms with Crippen molar-refractivity contribution in [2.75, 3.05) is 11.9 Å². The summed E-state index contributed by atoms with van der Waals surface area (Å²) in [7, 11) is 0. The molecule has 0 radical (unpaired) electrons. The highest BCUT2D eigenvalue weighted by Crippen LogP contribution is 2.27. The molecule has 1 fully saturated rings. The summed E-state index contributed by atoms with van der Waals surface area (Å²) >= 11 is 6.22. The maximum Gasteiger partial charge on any atom is 0.329 e. The Labute approximate surface area is 179 Å². The van der Waals surface area contributed by atoms with Gasteiger partial charge in [0.05, 0.1) is 11.1 Å². The number of carbonyl (C=O) groups is 3. The van der Waals surface area contributed by atoms with E-state index in [9.17, 15) is 14.4 Å². The number of urea groups is 1. The largest absolute Gasteiger partial charge is 0.489 e. The molecule has 2 aromatic carbocycles. The van der Waals surface area contributed by atoms with Crippen LogP contribution >= 0.6 is 11.6 Å². The van der Waals surface area contributed by atoms with E-state index in [4.69, 9.17) is 16.3 Å². The molecule has 0 spiro atoms. The Balaban J connectivity index is 1.69. The van der Waals surface area contributed by atoms with Crippen LogP contribution in [0.5, 0.6) is 5.75 Å². The molecule has 8 heteroatoms. The number of ether oxygens (including phenoxy) is 1. The number of hydrogen-bond donors (Lipinski definition) is 2. The van der Waals surface area contributed by atoms with Gasteiger partial charge in [0, 0.05) is 5.69 Å². The number of hydrogen-bond acceptors (Lipinski definition) is 4. The van der Waals surface area contributed by atoms with E-state index in [1.807, 2.05) is 32.9 Å². The van der Waals surface area contributed by atoms with Crippen molar-refractivity contribution in [1.29, 1.82) is 0 Å². The van der Waals surface area contributed by atoms with Gasteiger partial charge in [0.15, 0.2) is 0 Å². The molecule has 2 aromatic rings. The van der Waals surface area contributed by atoms with E-state index in [2.05, 4.69) is 10.6 Å². The first kappa shape index (κ1) is 21.4. The Hall–Kier alpha value is -3.32. The van der Waals surface area contributed by atoms with Crippen molar-refractivity contribution in [2.24, 2.45) is 0 Å². The van der Waals surface area contributed by atoms with E-state index in [1.54, 1.807) is 30.3 Å². The zero-order chi connectivity index (χ0) is 21.8. The van der Waals surface area contributed by atoms with E-state index in [-0.39, 0.29) is 11.8 Å². The van der Waals surface area contributed by atoms with Gasteiger partial charge in [0.2, 0.25) is 5.91 Å². The molecule has 0 aromatic heterocycles. The molecule has 4 amide bonds. The standard InChI is InChI=1S/C22H22ClN3O4/c1-13(2)30-19-8-7-15(10-17(19)23)11-18-21(28)26(22(29)25-18)12-20(27)24-16-6-4-5-14(3)9-16/h4-11,13H,12H2,1-3H3,(H,24,27)(H,25,29)/b18-11+. The highest BCUT2D eigenvalue weighted by molar-refractivity contribution is 6.32. The molecule has 0 bridgehead atoms. The van der Waals surface area contributed by atoms with Gasteiger partial charge in [-0.25, -0.2) is 9.69 Å². The normalized spacial score (nSPS) is 15.0. The predicted octanol–water partition coefficient (Wildman–Crippen LogP) is 3.97. The smallest absolute Gasteiger partial charge is 0.329 e. The lowest BCUT2D eigenvalue weighted by molar-refractivity contribution is -0.127. The number of amides is 4. The van der Waals surface area contributed by atoms with Crippen molar-refractivity contribution in [3.8, 4) is 5.75 Å². The number of nitrogens with one attached hydrogen (secondary N) is 2. The van der Waals surface area contributed by atoms with Crippen LogP contribution in [0.1, 0.15) is 25.0 Å². The first-order valence-corrected chi connectivity index (χ1v) is 9.78. The fourth-order valence-electron chi connectivity index (χ4n) is 2.91. The van der Waals surface area contributed by atoms with E-state index in [0.29, 0.717) is 22.0 Å². The lowest BCUT2D eigenvalue weighted by Gasteiger charge is -2.12. The molecular weight excluding hydrogens is 406 g/mol. The Kier molecular flexibility index (Phi) is 6.42. The number of nitrogens with zero attached hydrogens (tertiary/aromatic N) is 1. The first-order valence-electron chi connectivity index (χ1n) is 9.40. The zero-order valence-corrected chi connectivity index (χ0v) is 17.6. The average molecular weight is 428 g/mol. The van der Waals surface area contributed by atoms with Crippen LogP contribution in [0.15, 0.2) is 48.2 Å². The number of anilines is 1. The minimum absolute atomic E-state index is 0.0260. The summed E-state index contributed by atoms with van der Waals surface area (Å²) in [5, 5.41) is 5.56. The fraction of sp³-hybridized carbons (Fsp3) is 0.227. The van der Waals surface area contributed by atoms with Crippen molar-refractivity contribution in [3.05, 3.63) is 64.3 Å². The first-order chi connectivity index (χ1) is 14.2. The van der Waals surface area contributed by atoms with Gasteiger partial charge in [-0.3, -0.25) is 9.59 Å². The van der Waals surface area contributed by atoms with Crippen LogP contribution in [0.3, 0.4) is 0 Å². The minimum atomic E-state index is -0.656. The third kappa shape index (κ3) is 5.18. The van der Waals surface area contributed by atoms with Gasteiger partial charge in [-0.15, -0.1) is 0 Å². The van der Waals surface area contributed by atoms with Crippen LogP contribution < -0.4 is 15.4 Å². The van der Waals surface area contributed by atoms with Gasteiger partial charge < -0.3 is 15.4 Å². The molecule has 0 aliphatic carbocycles. The van der Waals surface area contributed by atoms with Crippen molar-refractivity contribution < 1.29 is 19.1 Å². The SMILES string of the molecule is Cc1cccc(NC(=O)CN2C(=O)N/C(=C/c3ccc(OC(C)C)c(Cl)c3)C2=O)c1. The van der Waals surface area contributed by atoms with E-state index < -0.39 is 24.4 Å². The van der Waals surface area contributed by atoms with E-state index >= 15 is 0 Å². The molecule has 1 aliphatic heterocycles. The second-order valence-corrected chi connectivity index (χ2v) is 7.56. The summed E-state index contributed by atoms with van der Waals surface area (Å²) in [4.78, 5) is 37.9. The van der Waals surface area contributed by atoms with Crippen LogP contribution in [0, 0.1) is 6.92 Å². The van der Waals surface area contributed by atoms with Crippen molar-refractivity contribution in [1.82, 2.24) is 10.2 Å². The quantitative estimate of drug-likeness (QED) is 0.539. The van der Waals surface area contributed by atoms with Gasteiger partial charge >= 0.3 is 6.03 Å². The molecule has 1 saturated heterocycles. The topological polar surface area (TPSA) is 87.7 Å². The second-order valence-electron chi connectivity index (χ2n) is 7.15. The minimum Gasteiger partial charge on any atom is -0.489 e. The highest BCUT2D eigenvalue weighted by atomic mass is 35.5. The zero-order valence-electron chi connectivity index (χ0n) is 16.9. The number of benzene rings is 2. The fourth-order valence-corrected chi connectivity index (χ4v) is 3.14. The Bertz CT molecular complexity index is 1030. The second kappa shape index (κ2) is 9.00. The van der Waals surface area contributed by atoms with Crippen LogP contribution in [0.2, 0.25) is 5.02 Å². The molecule has 2 N–H and O–H groups in total. The van der Waals surface area contributed by atoms with Crippen molar-refractivity contribution >= 4 is 41.2 Å². The molecule has 0 unspecified atom stereocenters. The molecule has 1 aliphatic rings. The third-order valence-electron chi connectivity index (χ3n) is 4.20. The summed E-state index contributed by atoms with van der Waals surface area (Å²) in [5.74, 6) is -0.522. The lowest BCUT2D eigenvalue weighted by atomic mass is 10.2. The van der Waals surface area contributed by atoms with Gasteiger partial charge in [-0.05, 0) is 62.2 Å². The number of aryl methyl sites for hydroxylation is 1. The van der Waals surface area contributed by atoms with Crippen LogP contribution in [0.25, 0.3) is 6.08 Å². The summed E-state index contributed by atoms with van der Waals surface area (Å²) in [6.45, 7) is 5.29. The van der Waals surface area contributed by atoms with Crippen LogP contribution in [-0.4, -0.2) is 35.4 Å². The average Bonchev–Trinajstić information content (AvgIpc) is 2.91. The lowest BCUT2D eigenvalue weighted by Crippen LogP contribution is -2.38. The molecule has 3 rings (SSSR count). The highest BCUT2D eigenvalue weighted by Gasteiger charge is 2.34. The number of halogens is 1. The number of rotatable bonds is 6. The maximum absolute atomic E-state index is 12.6. The Morgan fingerprint density at radius 1 is 1.23 bits per heavy atom. The molecule has 7 nitrogen and oxygen atoms in total. The van der Waals surface area contributed by atoms with Gasteiger partial charge in [-0.2, -0.15) is 0 Å². The van der Waals surface area contributed by atoms with Gasteiger partial charge in [0.1, 0.15) is 18.0 Å². The Morgan fingerprint density at radius 3 is 2.67 bits per heavy atom. The third-order valence-corrected chi connectivity index (χ3v) is 4.49. The number of carbonyl (C=O) groups excluding carboxylic acids is 3. The van der Waals surface area contributed by atoms with Crippen LogP contribution in [0.4, 0.5) is 10.5 Å². The molecule has 0 saturated carbocycles. The van der Waals surface area contributed by atoms with Crippen LogP contribution in [-0.2, 0) is 9.59 Å². The predicted molar refractivity (Wildman–Crippen MR) is 115 cm³/mol. The summed E-state index contributed by atoms with van der Waals surface area (Å²) in [6.07, 6.45) is 1.48. The monoisotopic (exact) mass is 427 g/mol. The maximum atomic E-state index is 12.6. The van der Waals surface area contributed by atoms with E-state index in [0.717, 1.165) is 10.5 Å². The summed E-state index contributed by atoms with van der Waals surface area (Å²) < 4.78 is 5.58. The van der Waals surface area contributed by atoms with Gasteiger partial charge in [-0.1, -0.05) is 29.8 Å².